The minimum atomic E-state index is -0.0314. The summed E-state index contributed by atoms with van der Waals surface area (Å²) in [6, 6.07) is 9.85. The Morgan fingerprint density at radius 2 is 1.90 bits per heavy atom. The van der Waals surface area contributed by atoms with E-state index < -0.39 is 0 Å². The van der Waals surface area contributed by atoms with Gasteiger partial charge in [0, 0.05) is 11.8 Å². The fourth-order valence-electron chi connectivity index (χ4n) is 1.99. The van der Waals surface area contributed by atoms with Crippen LogP contribution in [0.5, 0.6) is 11.5 Å². The zero-order chi connectivity index (χ0) is 14.8. The largest absolute Gasteiger partial charge is 0.454 e. The second-order valence-corrected chi connectivity index (χ2v) is 5.84. The van der Waals surface area contributed by atoms with Gasteiger partial charge in [0.1, 0.15) is 11.8 Å². The lowest BCUT2D eigenvalue weighted by atomic mass is 9.85. The van der Waals surface area contributed by atoms with Crippen molar-refractivity contribution in [2.24, 2.45) is 0 Å². The van der Waals surface area contributed by atoms with Crippen LogP contribution in [0, 0.1) is 18.3 Å². The van der Waals surface area contributed by atoms with Crippen molar-refractivity contribution < 1.29 is 4.74 Å². The van der Waals surface area contributed by atoms with Crippen LogP contribution >= 0.6 is 0 Å². The van der Waals surface area contributed by atoms with Gasteiger partial charge in [0.15, 0.2) is 5.75 Å². The standard InChI is InChI=1S/C17H18N2O/c1-12-5-6-15(14(9-12)17(2,3)4)20-16-11-19-8-7-13(16)10-18/h5-9,11H,1-4H3. The normalized spacial score (nSPS) is 10.9. The lowest BCUT2D eigenvalue weighted by molar-refractivity contribution is 0.452. The summed E-state index contributed by atoms with van der Waals surface area (Å²) in [5.41, 5.74) is 2.76. The van der Waals surface area contributed by atoms with E-state index in [2.05, 4.69) is 44.8 Å². The molecule has 3 nitrogen and oxygen atoms in total. The van der Waals surface area contributed by atoms with E-state index in [0.29, 0.717) is 11.3 Å². The predicted octanol–water partition coefficient (Wildman–Crippen LogP) is 4.35. The molecule has 0 N–H and O–H groups in total. The maximum atomic E-state index is 9.11. The molecule has 0 atom stereocenters. The molecule has 3 heteroatoms. The van der Waals surface area contributed by atoms with Gasteiger partial charge in [0.05, 0.1) is 11.8 Å². The molecule has 1 heterocycles. The molecule has 0 aliphatic carbocycles. The molecule has 0 fully saturated rings. The first kappa shape index (κ1) is 14.1. The third kappa shape index (κ3) is 2.97. The van der Waals surface area contributed by atoms with Crippen molar-refractivity contribution in [1.29, 1.82) is 5.26 Å². The minimum absolute atomic E-state index is 0.0314. The van der Waals surface area contributed by atoms with Gasteiger partial charge in [0.25, 0.3) is 0 Å². The quantitative estimate of drug-likeness (QED) is 0.811. The van der Waals surface area contributed by atoms with Crippen molar-refractivity contribution in [1.82, 2.24) is 4.98 Å². The molecule has 0 aliphatic heterocycles. The Bertz CT molecular complexity index is 663. The first-order chi connectivity index (χ1) is 9.41. The van der Waals surface area contributed by atoms with Crippen LogP contribution in [0.4, 0.5) is 0 Å². The highest BCUT2D eigenvalue weighted by Gasteiger charge is 2.20. The Morgan fingerprint density at radius 1 is 1.15 bits per heavy atom. The Hall–Kier alpha value is -2.34. The van der Waals surface area contributed by atoms with Crippen molar-refractivity contribution in [3.63, 3.8) is 0 Å². The molecule has 1 aromatic heterocycles. The average molecular weight is 266 g/mol. The maximum absolute atomic E-state index is 9.11. The highest BCUT2D eigenvalue weighted by atomic mass is 16.5. The molecule has 0 saturated heterocycles. The second kappa shape index (κ2) is 5.34. The van der Waals surface area contributed by atoms with Crippen molar-refractivity contribution >= 4 is 0 Å². The van der Waals surface area contributed by atoms with E-state index in [1.54, 1.807) is 18.5 Å². The van der Waals surface area contributed by atoms with Gasteiger partial charge in [-0.15, -0.1) is 0 Å². The van der Waals surface area contributed by atoms with Gasteiger partial charge in [-0.05, 0) is 24.5 Å². The van der Waals surface area contributed by atoms with Gasteiger partial charge in [0.2, 0.25) is 0 Å². The van der Waals surface area contributed by atoms with E-state index in [-0.39, 0.29) is 5.41 Å². The van der Waals surface area contributed by atoms with Crippen LogP contribution in [0.2, 0.25) is 0 Å². The number of benzene rings is 1. The minimum Gasteiger partial charge on any atom is -0.454 e. The topological polar surface area (TPSA) is 45.9 Å². The lowest BCUT2D eigenvalue weighted by Gasteiger charge is -2.23. The van der Waals surface area contributed by atoms with Gasteiger partial charge < -0.3 is 4.74 Å². The van der Waals surface area contributed by atoms with Crippen molar-refractivity contribution in [2.75, 3.05) is 0 Å². The SMILES string of the molecule is Cc1ccc(Oc2cnccc2C#N)c(C(C)(C)C)c1. The predicted molar refractivity (Wildman–Crippen MR) is 78.9 cm³/mol. The summed E-state index contributed by atoms with van der Waals surface area (Å²) in [5, 5.41) is 9.11. The molecule has 0 radical (unpaired) electrons. The number of pyridine rings is 1. The Morgan fingerprint density at radius 3 is 2.55 bits per heavy atom. The molecule has 0 spiro atoms. The molecule has 2 aromatic rings. The molecule has 2 rings (SSSR count). The number of hydrogen-bond acceptors (Lipinski definition) is 3. The van der Waals surface area contributed by atoms with Gasteiger partial charge in [-0.1, -0.05) is 38.5 Å². The summed E-state index contributed by atoms with van der Waals surface area (Å²) in [4.78, 5) is 4.02. The Kier molecular flexibility index (Phi) is 3.76. The highest BCUT2D eigenvalue weighted by molar-refractivity contribution is 5.47. The third-order valence-electron chi connectivity index (χ3n) is 3.07. The molecule has 0 aliphatic rings. The van der Waals surface area contributed by atoms with Crippen LogP contribution in [-0.4, -0.2) is 4.98 Å². The van der Waals surface area contributed by atoms with Crippen LogP contribution in [0.3, 0.4) is 0 Å². The first-order valence-corrected chi connectivity index (χ1v) is 6.55. The summed E-state index contributed by atoms with van der Waals surface area (Å²) in [5.74, 6) is 1.26. The summed E-state index contributed by atoms with van der Waals surface area (Å²) in [6.07, 6.45) is 3.16. The number of hydrogen-bond donors (Lipinski definition) is 0. The third-order valence-corrected chi connectivity index (χ3v) is 3.07. The van der Waals surface area contributed by atoms with Crippen LogP contribution in [-0.2, 0) is 5.41 Å². The van der Waals surface area contributed by atoms with Crippen LogP contribution in [0.1, 0.15) is 37.5 Å². The molecule has 20 heavy (non-hydrogen) atoms. The number of aromatic nitrogens is 1. The molecule has 0 amide bonds. The van der Waals surface area contributed by atoms with E-state index >= 15 is 0 Å². The average Bonchev–Trinajstić information content (AvgIpc) is 2.40. The first-order valence-electron chi connectivity index (χ1n) is 6.55. The monoisotopic (exact) mass is 266 g/mol. The van der Waals surface area contributed by atoms with Crippen molar-refractivity contribution in [3.05, 3.63) is 53.3 Å². The summed E-state index contributed by atoms with van der Waals surface area (Å²) < 4.78 is 5.93. The molecular formula is C17H18N2O. The number of rotatable bonds is 2. The Balaban J connectivity index is 2.47. The molecule has 0 bridgehead atoms. The van der Waals surface area contributed by atoms with E-state index in [9.17, 15) is 0 Å². The lowest BCUT2D eigenvalue weighted by Crippen LogP contribution is -2.13. The van der Waals surface area contributed by atoms with Crippen molar-refractivity contribution in [3.8, 4) is 17.6 Å². The summed E-state index contributed by atoms with van der Waals surface area (Å²) >= 11 is 0. The fourth-order valence-corrected chi connectivity index (χ4v) is 1.99. The fraction of sp³-hybridized carbons (Fsp3) is 0.294. The van der Waals surface area contributed by atoms with Gasteiger partial charge >= 0.3 is 0 Å². The van der Waals surface area contributed by atoms with Crippen LogP contribution in [0.25, 0.3) is 0 Å². The Labute approximate surface area is 119 Å². The molecule has 102 valence electrons. The van der Waals surface area contributed by atoms with E-state index in [1.807, 2.05) is 12.1 Å². The van der Waals surface area contributed by atoms with E-state index in [0.717, 1.165) is 11.3 Å². The smallest absolute Gasteiger partial charge is 0.163 e. The summed E-state index contributed by atoms with van der Waals surface area (Å²) in [6.45, 7) is 8.49. The number of nitrogens with zero attached hydrogens (tertiary/aromatic N) is 2. The number of ether oxygens (including phenoxy) is 1. The van der Waals surface area contributed by atoms with Crippen LogP contribution < -0.4 is 4.74 Å². The van der Waals surface area contributed by atoms with Gasteiger partial charge in [-0.3, -0.25) is 4.98 Å². The summed E-state index contributed by atoms with van der Waals surface area (Å²) in [7, 11) is 0. The second-order valence-electron chi connectivity index (χ2n) is 5.84. The number of aryl methyl sites for hydroxylation is 1. The van der Waals surface area contributed by atoms with Gasteiger partial charge in [-0.2, -0.15) is 5.26 Å². The van der Waals surface area contributed by atoms with Gasteiger partial charge in [-0.25, -0.2) is 0 Å². The zero-order valence-corrected chi connectivity index (χ0v) is 12.3. The maximum Gasteiger partial charge on any atom is 0.163 e. The number of nitriles is 1. The van der Waals surface area contributed by atoms with Crippen molar-refractivity contribution in [2.45, 2.75) is 33.1 Å². The zero-order valence-electron chi connectivity index (χ0n) is 12.3. The van der Waals surface area contributed by atoms with E-state index in [1.165, 1.54) is 5.56 Å². The highest BCUT2D eigenvalue weighted by Crippen LogP contribution is 2.35. The molecule has 1 aromatic carbocycles. The van der Waals surface area contributed by atoms with Crippen LogP contribution in [0.15, 0.2) is 36.7 Å². The molecule has 0 unspecified atom stereocenters. The molecular weight excluding hydrogens is 248 g/mol. The van der Waals surface area contributed by atoms with E-state index in [4.69, 9.17) is 10.00 Å². The molecule has 0 saturated carbocycles.